The van der Waals surface area contributed by atoms with Crippen LogP contribution < -0.4 is 5.32 Å². The zero-order valence-electron chi connectivity index (χ0n) is 9.67. The van der Waals surface area contributed by atoms with E-state index in [1.165, 1.54) is 5.82 Å². The van der Waals surface area contributed by atoms with Crippen LogP contribution in [-0.4, -0.2) is 21.6 Å². The molecule has 1 N–H and O–H groups in total. The Morgan fingerprint density at radius 1 is 1.43 bits per heavy atom. The van der Waals surface area contributed by atoms with Gasteiger partial charge in [0.05, 0.1) is 0 Å². The number of nitrogens with one attached hydrogen (secondary N) is 1. The Morgan fingerprint density at radius 2 is 2.14 bits per heavy atom. The molecule has 0 spiro atoms. The zero-order chi connectivity index (χ0) is 10.6. The first-order valence-electron chi connectivity index (χ1n) is 5.28. The predicted molar refractivity (Wildman–Crippen MR) is 59.4 cm³/mol. The van der Waals surface area contributed by atoms with Crippen LogP contribution in [0.1, 0.15) is 33.5 Å². The molecule has 14 heavy (non-hydrogen) atoms. The fourth-order valence-corrected chi connectivity index (χ4v) is 1.41. The van der Waals surface area contributed by atoms with Crippen LogP contribution in [0.25, 0.3) is 0 Å². The number of nitrogens with zero attached hydrogens (tertiary/aromatic N) is 2. The molecule has 0 amide bonds. The minimum atomic E-state index is 0.201. The highest BCUT2D eigenvalue weighted by Gasteiger charge is 2.08. The van der Waals surface area contributed by atoms with Crippen molar-refractivity contribution in [2.24, 2.45) is 0 Å². The van der Waals surface area contributed by atoms with Gasteiger partial charge in [0.2, 0.25) is 0 Å². The lowest BCUT2D eigenvalue weighted by Gasteiger charge is -2.20. The minimum absolute atomic E-state index is 0.201. The maximum absolute atomic E-state index is 4.28. The van der Waals surface area contributed by atoms with Crippen molar-refractivity contribution in [1.82, 2.24) is 14.9 Å². The van der Waals surface area contributed by atoms with Crippen LogP contribution in [0.3, 0.4) is 0 Å². The molecule has 0 saturated heterocycles. The highest BCUT2D eigenvalue weighted by atomic mass is 15.1. The summed E-state index contributed by atoms with van der Waals surface area (Å²) in [6.07, 6.45) is 4.92. The van der Waals surface area contributed by atoms with Gasteiger partial charge in [-0.3, -0.25) is 0 Å². The Bertz CT molecular complexity index is 270. The largest absolute Gasteiger partial charge is 0.334 e. The molecule has 1 heterocycles. The third kappa shape index (κ3) is 3.50. The topological polar surface area (TPSA) is 29.9 Å². The minimum Gasteiger partial charge on any atom is -0.334 e. The van der Waals surface area contributed by atoms with Crippen molar-refractivity contribution in [1.29, 1.82) is 0 Å². The Balaban J connectivity index is 2.38. The summed E-state index contributed by atoms with van der Waals surface area (Å²) in [4.78, 5) is 4.28. The number of hydrogen-bond acceptors (Lipinski definition) is 2. The van der Waals surface area contributed by atoms with Gasteiger partial charge in [-0.05, 0) is 20.8 Å². The molecule has 0 aliphatic carbocycles. The van der Waals surface area contributed by atoms with Gasteiger partial charge in [-0.1, -0.05) is 6.92 Å². The summed E-state index contributed by atoms with van der Waals surface area (Å²) in [5.74, 6) is 1.17. The molecular weight excluding hydrogens is 174 g/mol. The highest BCUT2D eigenvalue weighted by Crippen LogP contribution is 2.00. The molecule has 0 unspecified atom stereocenters. The van der Waals surface area contributed by atoms with E-state index in [1.807, 2.05) is 12.4 Å². The van der Waals surface area contributed by atoms with E-state index in [0.29, 0.717) is 0 Å². The fourth-order valence-electron chi connectivity index (χ4n) is 1.41. The molecule has 0 aliphatic heterocycles. The highest BCUT2D eigenvalue weighted by molar-refractivity contribution is 4.91. The third-order valence-corrected chi connectivity index (χ3v) is 2.13. The second kappa shape index (κ2) is 4.60. The quantitative estimate of drug-likeness (QED) is 0.794. The Morgan fingerprint density at radius 3 is 2.71 bits per heavy atom. The number of hydrogen-bond donors (Lipinski definition) is 1. The number of aromatic nitrogens is 2. The van der Waals surface area contributed by atoms with Crippen molar-refractivity contribution in [3.05, 3.63) is 18.2 Å². The molecule has 1 aromatic heterocycles. The lowest BCUT2D eigenvalue weighted by molar-refractivity contribution is 0.410. The number of rotatable bonds is 4. The molecule has 80 valence electrons. The fraction of sp³-hybridized carbons (Fsp3) is 0.727. The second-order valence-corrected chi connectivity index (χ2v) is 4.57. The summed E-state index contributed by atoms with van der Waals surface area (Å²) in [5, 5.41) is 3.46. The van der Waals surface area contributed by atoms with E-state index in [-0.39, 0.29) is 5.54 Å². The van der Waals surface area contributed by atoms with Gasteiger partial charge >= 0.3 is 0 Å². The molecule has 0 saturated carbocycles. The second-order valence-electron chi connectivity index (χ2n) is 4.57. The Hall–Kier alpha value is -0.830. The predicted octanol–water partition coefficient (Wildman–Crippen LogP) is 1.83. The summed E-state index contributed by atoms with van der Waals surface area (Å²) in [5.41, 5.74) is 0.201. The lowest BCUT2D eigenvalue weighted by atomic mass is 10.1. The van der Waals surface area contributed by atoms with E-state index in [1.54, 1.807) is 0 Å². The maximum atomic E-state index is 4.28. The Labute approximate surface area is 86.5 Å². The molecule has 3 heteroatoms. The molecule has 0 fully saturated rings. The van der Waals surface area contributed by atoms with E-state index in [0.717, 1.165) is 19.5 Å². The summed E-state index contributed by atoms with van der Waals surface area (Å²) in [6, 6.07) is 0. The summed E-state index contributed by atoms with van der Waals surface area (Å²) in [7, 11) is 0. The molecule has 0 aromatic carbocycles. The van der Waals surface area contributed by atoms with Gasteiger partial charge < -0.3 is 9.88 Å². The van der Waals surface area contributed by atoms with Gasteiger partial charge in [-0.25, -0.2) is 4.98 Å². The first kappa shape index (κ1) is 11.2. The van der Waals surface area contributed by atoms with Crippen molar-refractivity contribution in [2.45, 2.75) is 46.2 Å². The maximum Gasteiger partial charge on any atom is 0.108 e. The lowest BCUT2D eigenvalue weighted by Crippen LogP contribution is -2.37. The van der Waals surface area contributed by atoms with Gasteiger partial charge in [0.1, 0.15) is 5.82 Å². The van der Waals surface area contributed by atoms with Crippen molar-refractivity contribution >= 4 is 0 Å². The van der Waals surface area contributed by atoms with Crippen LogP contribution in [0.4, 0.5) is 0 Å². The average Bonchev–Trinajstić information content (AvgIpc) is 2.49. The van der Waals surface area contributed by atoms with Crippen LogP contribution in [0.15, 0.2) is 12.4 Å². The smallest absolute Gasteiger partial charge is 0.108 e. The first-order valence-corrected chi connectivity index (χ1v) is 5.28. The van der Waals surface area contributed by atoms with Crippen molar-refractivity contribution in [2.75, 3.05) is 6.54 Å². The monoisotopic (exact) mass is 195 g/mol. The molecule has 0 radical (unpaired) electrons. The molecule has 0 aliphatic rings. The molecule has 1 aromatic rings. The number of imidazole rings is 1. The van der Waals surface area contributed by atoms with Gasteiger partial charge in [0, 0.05) is 37.4 Å². The first-order chi connectivity index (χ1) is 6.53. The van der Waals surface area contributed by atoms with E-state index in [4.69, 9.17) is 0 Å². The summed E-state index contributed by atoms with van der Waals surface area (Å²) < 4.78 is 2.21. The SMILES string of the molecule is CCc1nccn1CCNC(C)(C)C. The van der Waals surface area contributed by atoms with E-state index >= 15 is 0 Å². The van der Waals surface area contributed by atoms with Gasteiger partial charge in [-0.15, -0.1) is 0 Å². The Kier molecular flexibility index (Phi) is 3.69. The molecule has 1 rings (SSSR count). The normalized spacial score (nSPS) is 12.0. The summed E-state index contributed by atoms with van der Waals surface area (Å²) in [6.45, 7) is 10.7. The zero-order valence-corrected chi connectivity index (χ0v) is 9.67. The van der Waals surface area contributed by atoms with E-state index in [9.17, 15) is 0 Å². The standard InChI is InChI=1S/C11H21N3/c1-5-10-12-6-8-14(10)9-7-13-11(2,3)4/h6,8,13H,5,7,9H2,1-4H3. The van der Waals surface area contributed by atoms with Crippen LogP contribution >= 0.6 is 0 Å². The van der Waals surface area contributed by atoms with Crippen LogP contribution in [-0.2, 0) is 13.0 Å². The van der Waals surface area contributed by atoms with Gasteiger partial charge in [0.25, 0.3) is 0 Å². The van der Waals surface area contributed by atoms with E-state index < -0.39 is 0 Å². The van der Waals surface area contributed by atoms with Crippen molar-refractivity contribution < 1.29 is 0 Å². The van der Waals surface area contributed by atoms with E-state index in [2.05, 4.69) is 42.6 Å². The number of aryl methyl sites for hydroxylation is 1. The van der Waals surface area contributed by atoms with Crippen LogP contribution in [0.5, 0.6) is 0 Å². The molecule has 3 nitrogen and oxygen atoms in total. The van der Waals surface area contributed by atoms with Crippen molar-refractivity contribution in [3.63, 3.8) is 0 Å². The average molecular weight is 195 g/mol. The van der Waals surface area contributed by atoms with Crippen LogP contribution in [0, 0.1) is 0 Å². The summed E-state index contributed by atoms with van der Waals surface area (Å²) >= 11 is 0. The molecule has 0 atom stereocenters. The van der Waals surface area contributed by atoms with Crippen molar-refractivity contribution in [3.8, 4) is 0 Å². The van der Waals surface area contributed by atoms with Gasteiger partial charge in [-0.2, -0.15) is 0 Å². The molecular formula is C11H21N3. The van der Waals surface area contributed by atoms with Crippen LogP contribution in [0.2, 0.25) is 0 Å². The molecule has 0 bridgehead atoms. The third-order valence-electron chi connectivity index (χ3n) is 2.13. The van der Waals surface area contributed by atoms with Gasteiger partial charge in [0.15, 0.2) is 0 Å².